The van der Waals surface area contributed by atoms with E-state index < -0.39 is 0 Å². The van der Waals surface area contributed by atoms with Crippen molar-refractivity contribution >= 4 is 11.4 Å². The predicted octanol–water partition coefficient (Wildman–Crippen LogP) is 20.6. The number of nitrogens with two attached hydrogens (primary N) is 2. The SMILES string of the molecule is CCCCCCCCCCCC(c1ccc(N)cc1)c1ccc(CCCCCCCCCCCCCCCCCc2ccc(C(CCCCCCCCCCC)c3ccc(N)cc3)cc2)cc1. The molecule has 0 aliphatic heterocycles. The minimum absolute atomic E-state index is 0.468. The molecule has 0 amide bonds. The first-order chi connectivity index (χ1) is 33.1. The Morgan fingerprint density at radius 3 is 0.716 bits per heavy atom. The molecule has 2 heteroatoms. The lowest BCUT2D eigenvalue weighted by atomic mass is 9.86. The van der Waals surface area contributed by atoms with Gasteiger partial charge in [-0.05, 0) is 96.2 Å². The molecule has 0 radical (unpaired) electrons. The Bertz CT molecular complexity index is 1580. The van der Waals surface area contributed by atoms with Gasteiger partial charge in [0.2, 0.25) is 0 Å². The van der Waals surface area contributed by atoms with Crippen molar-refractivity contribution < 1.29 is 0 Å². The minimum Gasteiger partial charge on any atom is -0.399 e. The molecule has 67 heavy (non-hydrogen) atoms. The zero-order valence-electron chi connectivity index (χ0n) is 43.7. The van der Waals surface area contributed by atoms with Gasteiger partial charge in [0.25, 0.3) is 0 Å². The van der Waals surface area contributed by atoms with E-state index in [4.69, 9.17) is 11.5 Å². The highest BCUT2D eigenvalue weighted by molar-refractivity contribution is 5.44. The molecule has 4 N–H and O–H groups in total. The van der Waals surface area contributed by atoms with Crippen LogP contribution in [0.3, 0.4) is 0 Å². The van der Waals surface area contributed by atoms with E-state index in [-0.39, 0.29) is 0 Å². The van der Waals surface area contributed by atoms with Crippen LogP contribution in [0.15, 0.2) is 97.1 Å². The molecule has 0 fully saturated rings. The van der Waals surface area contributed by atoms with E-state index in [2.05, 4.69) is 111 Å². The van der Waals surface area contributed by atoms with Crippen LogP contribution in [0.25, 0.3) is 0 Å². The number of anilines is 2. The van der Waals surface area contributed by atoms with E-state index in [0.717, 1.165) is 11.4 Å². The summed E-state index contributed by atoms with van der Waals surface area (Å²) in [6, 6.07) is 36.6. The topological polar surface area (TPSA) is 52.0 Å². The number of hydrogen-bond donors (Lipinski definition) is 2. The summed E-state index contributed by atoms with van der Waals surface area (Å²) >= 11 is 0. The number of benzene rings is 4. The maximum Gasteiger partial charge on any atom is 0.0314 e. The number of aryl methyl sites for hydroxylation is 2. The second-order valence-corrected chi connectivity index (χ2v) is 21.0. The van der Waals surface area contributed by atoms with Gasteiger partial charge in [0.15, 0.2) is 0 Å². The van der Waals surface area contributed by atoms with Gasteiger partial charge < -0.3 is 11.5 Å². The Labute approximate surface area is 414 Å². The van der Waals surface area contributed by atoms with Gasteiger partial charge in [-0.3, -0.25) is 0 Å². The lowest BCUT2D eigenvalue weighted by Crippen LogP contribution is -2.02. The van der Waals surface area contributed by atoms with Crippen molar-refractivity contribution in [1.82, 2.24) is 0 Å². The zero-order valence-corrected chi connectivity index (χ0v) is 43.7. The van der Waals surface area contributed by atoms with Crippen LogP contribution in [0.4, 0.5) is 11.4 Å². The van der Waals surface area contributed by atoms with Gasteiger partial charge in [0.05, 0.1) is 0 Å². The Hall–Kier alpha value is -3.52. The van der Waals surface area contributed by atoms with Crippen LogP contribution in [-0.2, 0) is 12.8 Å². The number of hydrogen-bond acceptors (Lipinski definition) is 2. The Kier molecular flexibility index (Phi) is 31.3. The Balaban J connectivity index is 0.972. The molecule has 0 aromatic heterocycles. The number of unbranched alkanes of at least 4 members (excludes halogenated alkanes) is 30. The van der Waals surface area contributed by atoms with Crippen LogP contribution in [0.1, 0.15) is 284 Å². The quantitative estimate of drug-likeness (QED) is 0.0344. The Morgan fingerprint density at radius 2 is 0.463 bits per heavy atom. The molecule has 0 heterocycles. The van der Waals surface area contributed by atoms with Crippen molar-refractivity contribution in [2.45, 2.75) is 263 Å². The first-order valence-electron chi connectivity index (χ1n) is 29.0. The van der Waals surface area contributed by atoms with Gasteiger partial charge in [-0.1, -0.05) is 286 Å². The molecule has 4 rings (SSSR count). The Morgan fingerprint density at radius 1 is 0.254 bits per heavy atom. The maximum absolute atomic E-state index is 6.06. The smallest absolute Gasteiger partial charge is 0.0314 e. The van der Waals surface area contributed by atoms with Gasteiger partial charge in [-0.15, -0.1) is 0 Å². The molecule has 0 saturated heterocycles. The third-order valence-corrected chi connectivity index (χ3v) is 15.1. The lowest BCUT2D eigenvalue weighted by Gasteiger charge is -2.19. The van der Waals surface area contributed by atoms with Crippen molar-refractivity contribution in [3.05, 3.63) is 130 Å². The van der Waals surface area contributed by atoms with Crippen molar-refractivity contribution in [3.63, 3.8) is 0 Å². The molecular weight excluding hydrogens is 809 g/mol. The lowest BCUT2D eigenvalue weighted by molar-refractivity contribution is 0.530. The highest BCUT2D eigenvalue weighted by atomic mass is 14.5. The summed E-state index contributed by atoms with van der Waals surface area (Å²) in [6.07, 6.45) is 50.7. The molecule has 4 aromatic carbocycles. The molecule has 2 atom stereocenters. The molecular formula is C65H102N2. The second-order valence-electron chi connectivity index (χ2n) is 21.0. The van der Waals surface area contributed by atoms with Crippen LogP contribution in [0.5, 0.6) is 0 Å². The minimum atomic E-state index is 0.468. The summed E-state index contributed by atoms with van der Waals surface area (Å²) in [5, 5.41) is 0. The first-order valence-corrected chi connectivity index (χ1v) is 29.0. The zero-order chi connectivity index (χ0) is 47.3. The largest absolute Gasteiger partial charge is 0.399 e. The van der Waals surface area contributed by atoms with E-state index in [9.17, 15) is 0 Å². The fraction of sp³-hybridized carbons (Fsp3) is 0.631. The summed E-state index contributed by atoms with van der Waals surface area (Å²) in [7, 11) is 0. The maximum atomic E-state index is 6.06. The summed E-state index contributed by atoms with van der Waals surface area (Å²) in [5.74, 6) is 0.937. The van der Waals surface area contributed by atoms with Gasteiger partial charge in [0.1, 0.15) is 0 Å². The van der Waals surface area contributed by atoms with E-state index in [1.807, 2.05) is 0 Å². The average molecular weight is 912 g/mol. The molecule has 0 spiro atoms. The van der Waals surface area contributed by atoms with Crippen molar-refractivity contribution in [1.29, 1.82) is 0 Å². The molecule has 0 aliphatic rings. The van der Waals surface area contributed by atoms with E-state index in [0.29, 0.717) is 11.8 Å². The van der Waals surface area contributed by atoms with Crippen molar-refractivity contribution in [2.75, 3.05) is 11.5 Å². The normalized spacial score (nSPS) is 12.4. The molecule has 372 valence electrons. The van der Waals surface area contributed by atoms with Crippen LogP contribution in [-0.4, -0.2) is 0 Å². The molecule has 2 unspecified atom stereocenters. The van der Waals surface area contributed by atoms with Crippen LogP contribution < -0.4 is 11.5 Å². The second kappa shape index (κ2) is 37.4. The van der Waals surface area contributed by atoms with Gasteiger partial charge in [-0.2, -0.15) is 0 Å². The molecule has 0 bridgehead atoms. The third kappa shape index (κ3) is 25.6. The third-order valence-electron chi connectivity index (χ3n) is 15.1. The monoisotopic (exact) mass is 911 g/mol. The number of rotatable bonds is 42. The standard InChI is InChI=1S/C65H102N2/c1-3-5-7-9-11-20-26-30-34-38-64(60-48-52-62(66)53-49-60)58-44-40-56(41-45-58)36-32-28-24-22-18-16-14-13-15-17-19-23-25-29-33-37-57-42-46-59(47-43-57)65(61-50-54-63(67)55-51-61)39-35-31-27-21-12-10-8-6-4-2/h40-55,64-65H,3-39,66-67H2,1-2H3. The highest BCUT2D eigenvalue weighted by Crippen LogP contribution is 2.33. The van der Waals surface area contributed by atoms with E-state index >= 15 is 0 Å². The van der Waals surface area contributed by atoms with Crippen LogP contribution >= 0.6 is 0 Å². The molecule has 0 saturated carbocycles. The molecule has 4 aromatic rings. The van der Waals surface area contributed by atoms with Crippen LogP contribution in [0.2, 0.25) is 0 Å². The summed E-state index contributed by atoms with van der Waals surface area (Å²) in [4.78, 5) is 0. The first kappa shape index (κ1) is 56.1. The predicted molar refractivity (Wildman–Crippen MR) is 299 cm³/mol. The fourth-order valence-electron chi connectivity index (χ4n) is 10.6. The fourth-order valence-corrected chi connectivity index (χ4v) is 10.6. The van der Waals surface area contributed by atoms with Gasteiger partial charge in [0, 0.05) is 23.2 Å². The van der Waals surface area contributed by atoms with E-state index in [1.165, 1.54) is 271 Å². The van der Waals surface area contributed by atoms with Crippen molar-refractivity contribution in [2.24, 2.45) is 0 Å². The molecule has 2 nitrogen and oxygen atoms in total. The van der Waals surface area contributed by atoms with Crippen molar-refractivity contribution in [3.8, 4) is 0 Å². The van der Waals surface area contributed by atoms with E-state index in [1.54, 1.807) is 0 Å². The molecule has 0 aliphatic carbocycles. The average Bonchev–Trinajstić information content (AvgIpc) is 3.35. The summed E-state index contributed by atoms with van der Waals surface area (Å²) in [6.45, 7) is 4.60. The summed E-state index contributed by atoms with van der Waals surface area (Å²) in [5.41, 5.74) is 22.6. The van der Waals surface area contributed by atoms with Gasteiger partial charge in [-0.25, -0.2) is 0 Å². The van der Waals surface area contributed by atoms with Crippen LogP contribution in [0, 0.1) is 0 Å². The van der Waals surface area contributed by atoms with Gasteiger partial charge >= 0.3 is 0 Å². The summed E-state index contributed by atoms with van der Waals surface area (Å²) < 4.78 is 0. The highest BCUT2D eigenvalue weighted by Gasteiger charge is 2.16. The number of nitrogen functional groups attached to an aromatic ring is 2.